The minimum Gasteiger partial charge on any atom is -0.326 e. The molecule has 0 spiro atoms. The highest BCUT2D eigenvalue weighted by Gasteiger charge is 2.48. The molecule has 0 heterocycles. The van der Waals surface area contributed by atoms with Gasteiger partial charge in [-0.3, -0.25) is 9.59 Å². The molecule has 3 rings (SSSR count). The van der Waals surface area contributed by atoms with Crippen molar-refractivity contribution in [3.63, 3.8) is 0 Å². The average Bonchev–Trinajstić information content (AvgIpc) is 3.34. The van der Waals surface area contributed by atoms with Gasteiger partial charge in [0.15, 0.2) is 0 Å². The van der Waals surface area contributed by atoms with E-state index in [2.05, 4.69) is 10.6 Å². The Balaban J connectivity index is 1.58. The first kappa shape index (κ1) is 17.8. The number of benzene rings is 2. The fourth-order valence-corrected chi connectivity index (χ4v) is 3.10. The van der Waals surface area contributed by atoms with Crippen molar-refractivity contribution in [1.82, 2.24) is 0 Å². The highest BCUT2D eigenvalue weighted by Crippen LogP contribution is 2.40. The van der Waals surface area contributed by atoms with Crippen molar-refractivity contribution >= 4 is 46.4 Å². The van der Waals surface area contributed by atoms with E-state index in [1.54, 1.807) is 18.2 Å². The predicted octanol–water partition coefficient (Wildman–Crippen LogP) is 4.82. The monoisotopic (exact) mass is 376 g/mol. The number of rotatable bonds is 4. The van der Waals surface area contributed by atoms with Crippen LogP contribution in [0, 0.1) is 25.7 Å². The van der Waals surface area contributed by atoms with E-state index in [1.165, 1.54) is 5.56 Å². The van der Waals surface area contributed by atoms with E-state index in [9.17, 15) is 9.59 Å². The molecule has 6 heteroatoms. The van der Waals surface area contributed by atoms with Crippen LogP contribution in [0.4, 0.5) is 11.4 Å². The van der Waals surface area contributed by atoms with Crippen LogP contribution in [0.1, 0.15) is 17.5 Å². The van der Waals surface area contributed by atoms with E-state index in [1.807, 2.05) is 32.0 Å². The summed E-state index contributed by atoms with van der Waals surface area (Å²) in [6.07, 6.45) is 0.535. The molecule has 2 aromatic rings. The van der Waals surface area contributed by atoms with Gasteiger partial charge >= 0.3 is 0 Å². The molecule has 0 radical (unpaired) electrons. The predicted molar refractivity (Wildman–Crippen MR) is 101 cm³/mol. The summed E-state index contributed by atoms with van der Waals surface area (Å²) in [5.74, 6) is -0.985. The van der Waals surface area contributed by atoms with Crippen LogP contribution in [0.5, 0.6) is 0 Å². The molecule has 2 amide bonds. The minimum absolute atomic E-state index is 0.134. The number of hydrogen-bond acceptors (Lipinski definition) is 2. The molecule has 2 atom stereocenters. The summed E-state index contributed by atoms with van der Waals surface area (Å²) in [5.41, 5.74) is 3.53. The molecule has 1 fully saturated rings. The first-order valence-corrected chi connectivity index (χ1v) is 8.75. The van der Waals surface area contributed by atoms with Gasteiger partial charge in [0.25, 0.3) is 0 Å². The largest absolute Gasteiger partial charge is 0.326 e. The van der Waals surface area contributed by atoms with Gasteiger partial charge in [-0.25, -0.2) is 0 Å². The van der Waals surface area contributed by atoms with Crippen molar-refractivity contribution in [2.75, 3.05) is 10.6 Å². The van der Waals surface area contributed by atoms with Crippen molar-refractivity contribution in [2.45, 2.75) is 20.3 Å². The summed E-state index contributed by atoms with van der Waals surface area (Å²) >= 11 is 11.9. The lowest BCUT2D eigenvalue weighted by atomic mass is 10.1. The van der Waals surface area contributed by atoms with Crippen molar-refractivity contribution in [3.8, 4) is 0 Å². The van der Waals surface area contributed by atoms with Crippen LogP contribution in [0.3, 0.4) is 0 Å². The smallest absolute Gasteiger partial charge is 0.228 e. The molecule has 4 nitrogen and oxygen atoms in total. The topological polar surface area (TPSA) is 58.2 Å². The highest BCUT2D eigenvalue weighted by molar-refractivity contribution is 6.36. The number of hydrogen-bond donors (Lipinski definition) is 2. The lowest BCUT2D eigenvalue weighted by Crippen LogP contribution is -2.20. The van der Waals surface area contributed by atoms with E-state index in [0.29, 0.717) is 22.2 Å². The first-order chi connectivity index (χ1) is 11.8. The van der Waals surface area contributed by atoms with Gasteiger partial charge in [0.05, 0.1) is 22.5 Å². The van der Waals surface area contributed by atoms with Crippen molar-refractivity contribution in [2.24, 2.45) is 11.8 Å². The van der Waals surface area contributed by atoms with Gasteiger partial charge in [-0.2, -0.15) is 0 Å². The van der Waals surface area contributed by atoms with Crippen LogP contribution in [0.25, 0.3) is 0 Å². The minimum atomic E-state index is -0.335. The molecule has 1 saturated carbocycles. The fraction of sp³-hybridized carbons (Fsp3) is 0.263. The Kier molecular flexibility index (Phi) is 5.02. The molecule has 0 saturated heterocycles. The third-order valence-corrected chi connectivity index (χ3v) is 4.98. The van der Waals surface area contributed by atoms with E-state index in [-0.39, 0.29) is 23.7 Å². The Morgan fingerprint density at radius 2 is 1.60 bits per heavy atom. The zero-order valence-electron chi connectivity index (χ0n) is 13.9. The highest BCUT2D eigenvalue weighted by atomic mass is 35.5. The molecule has 1 aliphatic carbocycles. The van der Waals surface area contributed by atoms with Crippen LogP contribution in [0.2, 0.25) is 10.0 Å². The fourth-order valence-electron chi connectivity index (χ4n) is 2.64. The van der Waals surface area contributed by atoms with Gasteiger partial charge in [0, 0.05) is 10.7 Å². The second-order valence-corrected chi connectivity index (χ2v) is 7.19. The number of halogens is 2. The normalized spacial score (nSPS) is 18.6. The zero-order valence-corrected chi connectivity index (χ0v) is 15.4. The first-order valence-electron chi connectivity index (χ1n) is 7.99. The number of anilines is 2. The number of carbonyl (C=O) groups is 2. The number of amides is 2. The Bertz CT molecular complexity index is 851. The maximum atomic E-state index is 12.3. The molecule has 130 valence electrons. The molecule has 25 heavy (non-hydrogen) atoms. The maximum Gasteiger partial charge on any atom is 0.228 e. The Labute approximate surface area is 156 Å². The van der Waals surface area contributed by atoms with Crippen LogP contribution in [-0.2, 0) is 9.59 Å². The van der Waals surface area contributed by atoms with Gasteiger partial charge in [-0.05, 0) is 61.7 Å². The van der Waals surface area contributed by atoms with Crippen LogP contribution in [0.15, 0.2) is 36.4 Å². The van der Waals surface area contributed by atoms with E-state index < -0.39 is 0 Å². The molecule has 0 aliphatic heterocycles. The number of aryl methyl sites for hydroxylation is 2. The van der Waals surface area contributed by atoms with Gasteiger partial charge in [0.2, 0.25) is 11.8 Å². The quantitative estimate of drug-likeness (QED) is 0.802. The van der Waals surface area contributed by atoms with E-state index in [4.69, 9.17) is 23.2 Å². The summed E-state index contributed by atoms with van der Waals surface area (Å²) in [4.78, 5) is 24.6. The Morgan fingerprint density at radius 3 is 2.24 bits per heavy atom. The van der Waals surface area contributed by atoms with Gasteiger partial charge < -0.3 is 10.6 Å². The van der Waals surface area contributed by atoms with Gasteiger partial charge in [0.1, 0.15) is 0 Å². The van der Waals surface area contributed by atoms with Crippen molar-refractivity contribution in [3.05, 3.63) is 57.6 Å². The molecule has 0 aromatic heterocycles. The average molecular weight is 377 g/mol. The summed E-state index contributed by atoms with van der Waals surface area (Å²) in [6, 6.07) is 10.6. The molecule has 1 aliphatic rings. The molecule has 2 N–H and O–H groups in total. The molecule has 2 unspecified atom stereocenters. The van der Waals surface area contributed by atoms with E-state index in [0.717, 1.165) is 11.3 Å². The maximum absolute atomic E-state index is 12.3. The number of nitrogens with one attached hydrogen (secondary N) is 2. The summed E-state index contributed by atoms with van der Waals surface area (Å²) in [6.45, 7) is 4.01. The van der Waals surface area contributed by atoms with E-state index >= 15 is 0 Å². The second-order valence-electron chi connectivity index (χ2n) is 6.35. The SMILES string of the molecule is Cc1ccc(NC(=O)C2CC2C(=O)Nc2ccc(Cl)cc2Cl)cc1C. The third-order valence-electron chi connectivity index (χ3n) is 4.43. The zero-order chi connectivity index (χ0) is 18.1. The van der Waals surface area contributed by atoms with Crippen molar-refractivity contribution < 1.29 is 9.59 Å². The second kappa shape index (κ2) is 7.06. The molecule has 2 aromatic carbocycles. The summed E-state index contributed by atoms with van der Waals surface area (Å²) < 4.78 is 0. The lowest BCUT2D eigenvalue weighted by molar-refractivity contribution is -0.122. The standard InChI is InChI=1S/C19H18Cl2N2O2/c1-10-3-5-13(7-11(10)2)22-18(24)14-9-15(14)19(25)23-17-6-4-12(20)8-16(17)21/h3-8,14-15H,9H2,1-2H3,(H,22,24)(H,23,25). The summed E-state index contributed by atoms with van der Waals surface area (Å²) in [7, 11) is 0. The molecular weight excluding hydrogens is 359 g/mol. The number of carbonyl (C=O) groups excluding carboxylic acids is 2. The van der Waals surface area contributed by atoms with Gasteiger partial charge in [-0.15, -0.1) is 0 Å². The summed E-state index contributed by atoms with van der Waals surface area (Å²) in [5, 5.41) is 6.51. The molecule has 0 bridgehead atoms. The Morgan fingerprint density at radius 1 is 0.920 bits per heavy atom. The third kappa shape index (κ3) is 4.14. The Hall–Kier alpha value is -2.04. The van der Waals surface area contributed by atoms with Crippen LogP contribution >= 0.6 is 23.2 Å². The lowest BCUT2D eigenvalue weighted by Gasteiger charge is -2.09. The van der Waals surface area contributed by atoms with Gasteiger partial charge in [-0.1, -0.05) is 29.3 Å². The van der Waals surface area contributed by atoms with Crippen LogP contribution < -0.4 is 10.6 Å². The van der Waals surface area contributed by atoms with Crippen molar-refractivity contribution in [1.29, 1.82) is 0 Å². The van der Waals surface area contributed by atoms with Crippen LogP contribution in [-0.4, -0.2) is 11.8 Å². The molecular formula is C19H18Cl2N2O2.